The molecule has 2 aromatic rings. The number of halogens is 4. The molecule has 0 saturated heterocycles. The van der Waals surface area contributed by atoms with Crippen molar-refractivity contribution in [2.24, 2.45) is 5.92 Å². The van der Waals surface area contributed by atoms with Crippen LogP contribution in [0.25, 0.3) is 5.65 Å². The minimum Gasteiger partial charge on any atom is -0.444 e. The zero-order chi connectivity index (χ0) is 27.8. The van der Waals surface area contributed by atoms with Crippen molar-refractivity contribution in [1.82, 2.24) is 24.6 Å². The fourth-order valence-corrected chi connectivity index (χ4v) is 4.87. The molecule has 3 rings (SSSR count). The Morgan fingerprint density at radius 2 is 1.81 bits per heavy atom. The number of ether oxygens (including phenoxy) is 1. The van der Waals surface area contributed by atoms with Gasteiger partial charge in [-0.15, -0.1) is 0 Å². The molecule has 0 unspecified atom stereocenters. The van der Waals surface area contributed by atoms with Gasteiger partial charge in [-0.1, -0.05) is 0 Å². The van der Waals surface area contributed by atoms with Crippen LogP contribution in [0.4, 0.5) is 22.4 Å². The minimum absolute atomic E-state index is 0.0891. The summed E-state index contributed by atoms with van der Waals surface area (Å²) in [6, 6.07) is -0.887. The molecule has 1 fully saturated rings. The highest BCUT2D eigenvalue weighted by atomic mass is 32.2. The van der Waals surface area contributed by atoms with Crippen LogP contribution in [0.1, 0.15) is 90.6 Å². The van der Waals surface area contributed by atoms with Gasteiger partial charge in [-0.3, -0.25) is 0 Å². The number of nitrogens with one attached hydrogen (secondary N) is 2. The first-order valence-electron chi connectivity index (χ1n) is 12.1. The molecular formula is C24H35F4N5O3S. The van der Waals surface area contributed by atoms with Crippen LogP contribution in [-0.4, -0.2) is 47.6 Å². The maximum Gasteiger partial charge on any atom is 0.408 e. The van der Waals surface area contributed by atoms with Crippen LogP contribution in [0.15, 0.2) is 18.5 Å². The molecule has 37 heavy (non-hydrogen) atoms. The zero-order valence-corrected chi connectivity index (χ0v) is 22.7. The Morgan fingerprint density at radius 3 is 2.35 bits per heavy atom. The van der Waals surface area contributed by atoms with E-state index in [0.717, 1.165) is 0 Å². The predicted octanol–water partition coefficient (Wildman–Crippen LogP) is 5.48. The molecular weight excluding hydrogens is 514 g/mol. The van der Waals surface area contributed by atoms with E-state index in [2.05, 4.69) is 20.1 Å². The van der Waals surface area contributed by atoms with Gasteiger partial charge in [-0.25, -0.2) is 40.8 Å². The number of alkyl halides is 4. The summed E-state index contributed by atoms with van der Waals surface area (Å²) in [5, 5.41) is 6.95. The first kappa shape index (κ1) is 29.3. The number of hydrogen-bond acceptors (Lipinski definition) is 5. The second-order valence-corrected chi connectivity index (χ2v) is 13.4. The zero-order valence-electron chi connectivity index (χ0n) is 21.9. The number of aromatic nitrogens is 3. The van der Waals surface area contributed by atoms with Crippen molar-refractivity contribution in [2.75, 3.05) is 0 Å². The van der Waals surface area contributed by atoms with Gasteiger partial charge in [0, 0.05) is 12.8 Å². The molecule has 1 saturated carbocycles. The molecule has 0 radical (unpaired) electrons. The first-order valence-corrected chi connectivity index (χ1v) is 13.3. The number of amides is 1. The molecule has 1 aliphatic carbocycles. The Kier molecular flexibility index (Phi) is 8.57. The minimum atomic E-state index is -2.87. The molecule has 3 atom stereocenters. The normalized spacial score (nSPS) is 19.5. The second kappa shape index (κ2) is 10.8. The quantitative estimate of drug-likeness (QED) is 0.446. The number of rotatable bonds is 7. The lowest BCUT2D eigenvalue weighted by Crippen LogP contribution is -2.40. The van der Waals surface area contributed by atoms with Gasteiger partial charge in [0.1, 0.15) is 11.6 Å². The molecule has 8 nitrogen and oxygen atoms in total. The maximum atomic E-state index is 13.9. The fourth-order valence-electron chi connectivity index (χ4n) is 4.05. The highest BCUT2D eigenvalue weighted by molar-refractivity contribution is 7.84. The Morgan fingerprint density at radius 1 is 1.19 bits per heavy atom. The van der Waals surface area contributed by atoms with Crippen LogP contribution in [0.2, 0.25) is 0 Å². The Hall–Kier alpha value is -2.28. The SMILES string of the molecule is CC(C)(C)OC(=O)N[C@H](c1cn2ncc([C@H](N[S@](=O)C(C)(C)C)C(F)F)cc2n1)C1CCC(F)(F)CC1. The van der Waals surface area contributed by atoms with E-state index in [9.17, 15) is 26.6 Å². The summed E-state index contributed by atoms with van der Waals surface area (Å²) in [6.45, 7) is 10.1. The van der Waals surface area contributed by atoms with Gasteiger partial charge < -0.3 is 10.1 Å². The van der Waals surface area contributed by atoms with Gasteiger partial charge in [-0.05, 0) is 71.9 Å². The molecule has 2 aromatic heterocycles. The van der Waals surface area contributed by atoms with E-state index < -0.39 is 51.9 Å². The largest absolute Gasteiger partial charge is 0.444 e. The summed E-state index contributed by atoms with van der Waals surface area (Å²) >= 11 is 0. The van der Waals surface area contributed by atoms with Gasteiger partial charge in [0.15, 0.2) is 5.65 Å². The lowest BCUT2D eigenvalue weighted by molar-refractivity contribution is -0.0500. The van der Waals surface area contributed by atoms with Crippen LogP contribution < -0.4 is 10.0 Å². The third-order valence-corrected chi connectivity index (χ3v) is 7.57. The van der Waals surface area contributed by atoms with Gasteiger partial charge in [0.2, 0.25) is 5.92 Å². The van der Waals surface area contributed by atoms with Crippen LogP contribution in [-0.2, 0) is 15.7 Å². The lowest BCUT2D eigenvalue weighted by Gasteiger charge is -2.33. The average molecular weight is 550 g/mol. The van der Waals surface area contributed by atoms with Crippen molar-refractivity contribution in [1.29, 1.82) is 0 Å². The van der Waals surface area contributed by atoms with E-state index in [1.807, 2.05) is 0 Å². The van der Waals surface area contributed by atoms with Crippen LogP contribution in [0.5, 0.6) is 0 Å². The number of imidazole rings is 1. The molecule has 208 valence electrons. The summed E-state index contributed by atoms with van der Waals surface area (Å²) in [4.78, 5) is 17.1. The molecule has 1 amide bonds. The van der Waals surface area contributed by atoms with Crippen molar-refractivity contribution in [3.63, 3.8) is 0 Å². The first-order chi connectivity index (χ1) is 16.9. The second-order valence-electron chi connectivity index (χ2n) is 11.4. The van der Waals surface area contributed by atoms with Crippen molar-refractivity contribution < 1.29 is 31.3 Å². The maximum absolute atomic E-state index is 13.9. The third-order valence-electron chi connectivity index (χ3n) is 5.99. The van der Waals surface area contributed by atoms with E-state index in [1.54, 1.807) is 41.5 Å². The third kappa shape index (κ3) is 7.86. The molecule has 0 aromatic carbocycles. The summed E-state index contributed by atoms with van der Waals surface area (Å²) < 4.78 is 76.3. The average Bonchev–Trinajstić information content (AvgIpc) is 3.16. The van der Waals surface area contributed by atoms with E-state index >= 15 is 0 Å². The molecule has 2 N–H and O–H groups in total. The molecule has 1 aliphatic rings. The van der Waals surface area contributed by atoms with E-state index in [4.69, 9.17) is 4.74 Å². The van der Waals surface area contributed by atoms with E-state index in [0.29, 0.717) is 5.69 Å². The number of carbonyl (C=O) groups is 1. The molecule has 2 heterocycles. The van der Waals surface area contributed by atoms with Gasteiger partial charge in [0.25, 0.3) is 6.43 Å². The number of nitrogens with zero attached hydrogens (tertiary/aromatic N) is 3. The van der Waals surface area contributed by atoms with Crippen molar-refractivity contribution in [2.45, 2.75) is 102 Å². The van der Waals surface area contributed by atoms with Crippen molar-refractivity contribution in [3.8, 4) is 0 Å². The number of alkyl carbamates (subject to hydrolysis) is 1. The van der Waals surface area contributed by atoms with Gasteiger partial charge in [0.05, 0.1) is 39.9 Å². The standard InChI is InChI=1S/C24H35F4N5O3S/c1-22(2,3)36-21(34)31-18(14-7-9-24(27,28)10-8-14)16-13-33-17(30-16)11-15(12-29-33)19(20(25)26)32-37(35)23(4,5)6/h11-14,18-20,32H,7-10H2,1-6H3,(H,31,34)/t18-,19-,37+/m0/s1. The highest BCUT2D eigenvalue weighted by Gasteiger charge is 2.40. The van der Waals surface area contributed by atoms with Gasteiger partial charge >= 0.3 is 6.09 Å². The summed E-state index contributed by atoms with van der Waals surface area (Å²) in [7, 11) is -1.76. The Balaban J connectivity index is 1.93. The lowest BCUT2D eigenvalue weighted by atomic mass is 9.81. The monoisotopic (exact) mass is 549 g/mol. The summed E-state index contributed by atoms with van der Waals surface area (Å²) in [6.07, 6.45) is -1.11. The summed E-state index contributed by atoms with van der Waals surface area (Å²) in [5.41, 5.74) is -0.107. The Bertz CT molecular complexity index is 1120. The number of fused-ring (bicyclic) bond motifs is 1. The van der Waals surface area contributed by atoms with Crippen molar-refractivity contribution in [3.05, 3.63) is 29.7 Å². The van der Waals surface area contributed by atoms with E-state index in [1.165, 1.54) is 23.0 Å². The number of hydrogen-bond donors (Lipinski definition) is 2. The molecule has 0 aliphatic heterocycles. The van der Waals surface area contributed by atoms with Gasteiger partial charge in [-0.2, -0.15) is 5.10 Å². The summed E-state index contributed by atoms with van der Waals surface area (Å²) in [5.74, 6) is -3.09. The molecule has 0 spiro atoms. The van der Waals surface area contributed by atoms with E-state index in [-0.39, 0.29) is 42.8 Å². The fraction of sp³-hybridized carbons (Fsp3) is 0.708. The van der Waals surface area contributed by atoms with Crippen LogP contribution in [0, 0.1) is 5.92 Å². The highest BCUT2D eigenvalue weighted by Crippen LogP contribution is 2.41. The van der Waals surface area contributed by atoms with Crippen LogP contribution >= 0.6 is 0 Å². The van der Waals surface area contributed by atoms with Crippen molar-refractivity contribution >= 4 is 22.7 Å². The molecule has 13 heteroatoms. The van der Waals surface area contributed by atoms with Crippen LogP contribution in [0.3, 0.4) is 0 Å². The topological polar surface area (TPSA) is 97.6 Å². The smallest absolute Gasteiger partial charge is 0.408 e. The number of carbonyl (C=O) groups excluding carboxylic acids is 1. The molecule has 0 bridgehead atoms. The Labute approximate surface area is 216 Å². The predicted molar refractivity (Wildman–Crippen MR) is 132 cm³/mol.